The van der Waals surface area contributed by atoms with E-state index >= 15 is 0 Å². The van der Waals surface area contributed by atoms with Crippen LogP contribution in [0, 0.1) is 0 Å². The van der Waals surface area contributed by atoms with Crippen molar-refractivity contribution in [2.24, 2.45) is 0 Å². The van der Waals surface area contributed by atoms with Gasteiger partial charge in [-0.1, -0.05) is 24.4 Å². The van der Waals surface area contributed by atoms with E-state index < -0.39 is 0 Å². The zero-order chi connectivity index (χ0) is 15.8. The monoisotopic (exact) mass is 336 g/mol. The highest BCUT2D eigenvalue weighted by molar-refractivity contribution is 6.32. The number of rotatable bonds is 2. The number of carbonyl (C=O) groups excluding carboxylic acids is 1. The van der Waals surface area contributed by atoms with Gasteiger partial charge in [-0.15, -0.1) is 0 Å². The minimum Gasteiger partial charge on any atom is -0.454 e. The fourth-order valence-electron chi connectivity index (χ4n) is 3.83. The summed E-state index contributed by atoms with van der Waals surface area (Å²) in [5.41, 5.74) is 0.577. The molecule has 124 valence electrons. The Morgan fingerprint density at radius 1 is 1.09 bits per heavy atom. The SMILES string of the molecule is O=C(c1cc(Cl)c2c(c1)OCO2)N1CCN(C2CCCC2)CC1. The van der Waals surface area contributed by atoms with Crippen LogP contribution in [0.3, 0.4) is 0 Å². The molecule has 1 aromatic carbocycles. The molecule has 2 fully saturated rings. The van der Waals surface area contributed by atoms with E-state index in [1.165, 1.54) is 25.7 Å². The highest BCUT2D eigenvalue weighted by Crippen LogP contribution is 2.40. The zero-order valence-electron chi connectivity index (χ0n) is 13.1. The molecule has 0 radical (unpaired) electrons. The van der Waals surface area contributed by atoms with Crippen molar-refractivity contribution in [1.82, 2.24) is 9.80 Å². The summed E-state index contributed by atoms with van der Waals surface area (Å²) in [7, 11) is 0. The normalized spacial score (nSPS) is 21.9. The number of nitrogens with zero attached hydrogens (tertiary/aromatic N) is 2. The van der Waals surface area contributed by atoms with Crippen LogP contribution in [-0.4, -0.2) is 54.7 Å². The van der Waals surface area contributed by atoms with Crippen molar-refractivity contribution in [1.29, 1.82) is 0 Å². The van der Waals surface area contributed by atoms with Gasteiger partial charge in [0.15, 0.2) is 11.5 Å². The Hall–Kier alpha value is -1.46. The Bertz CT molecular complexity index is 608. The van der Waals surface area contributed by atoms with E-state index in [4.69, 9.17) is 21.1 Å². The van der Waals surface area contributed by atoms with E-state index in [1.54, 1.807) is 12.1 Å². The molecule has 4 rings (SSSR count). The molecule has 1 aromatic rings. The van der Waals surface area contributed by atoms with Crippen LogP contribution in [0.15, 0.2) is 12.1 Å². The van der Waals surface area contributed by atoms with E-state index in [9.17, 15) is 4.79 Å². The average Bonchev–Trinajstić information content (AvgIpc) is 3.26. The summed E-state index contributed by atoms with van der Waals surface area (Å²) in [6.45, 7) is 3.65. The van der Waals surface area contributed by atoms with Gasteiger partial charge in [0.1, 0.15) is 0 Å². The number of hydrogen-bond acceptors (Lipinski definition) is 4. The van der Waals surface area contributed by atoms with Crippen LogP contribution in [-0.2, 0) is 0 Å². The van der Waals surface area contributed by atoms with Crippen molar-refractivity contribution in [3.63, 3.8) is 0 Å². The summed E-state index contributed by atoms with van der Waals surface area (Å²) in [5, 5.41) is 0.438. The number of fused-ring (bicyclic) bond motifs is 1. The topological polar surface area (TPSA) is 42.0 Å². The van der Waals surface area contributed by atoms with E-state index in [1.807, 2.05) is 4.90 Å². The maximum atomic E-state index is 12.7. The number of piperazine rings is 1. The second kappa shape index (κ2) is 6.21. The minimum absolute atomic E-state index is 0.0243. The molecule has 0 aromatic heterocycles. The largest absolute Gasteiger partial charge is 0.454 e. The van der Waals surface area contributed by atoms with Crippen molar-refractivity contribution < 1.29 is 14.3 Å². The number of carbonyl (C=O) groups is 1. The third kappa shape index (κ3) is 2.88. The first kappa shape index (κ1) is 15.1. The van der Waals surface area contributed by atoms with Gasteiger partial charge >= 0.3 is 0 Å². The summed E-state index contributed by atoms with van der Waals surface area (Å²) in [6.07, 6.45) is 5.32. The molecule has 0 spiro atoms. The van der Waals surface area contributed by atoms with E-state index in [0.717, 1.165) is 32.2 Å². The molecule has 1 saturated carbocycles. The number of benzene rings is 1. The van der Waals surface area contributed by atoms with Crippen LogP contribution in [0.4, 0.5) is 0 Å². The Morgan fingerprint density at radius 2 is 1.83 bits per heavy atom. The molecular weight excluding hydrogens is 316 g/mol. The first-order valence-corrected chi connectivity index (χ1v) is 8.72. The Balaban J connectivity index is 1.43. The molecule has 0 atom stereocenters. The molecule has 1 amide bonds. The lowest BCUT2D eigenvalue weighted by molar-refractivity contribution is 0.0573. The smallest absolute Gasteiger partial charge is 0.254 e. The standard InChI is InChI=1S/C17H21ClN2O3/c18-14-9-12(10-15-16(14)23-11-22-15)17(21)20-7-5-19(6-8-20)13-3-1-2-4-13/h9-10,13H,1-8,11H2. The fraction of sp³-hybridized carbons (Fsp3) is 0.588. The lowest BCUT2D eigenvalue weighted by Gasteiger charge is -2.38. The predicted octanol–water partition coefficient (Wildman–Crippen LogP) is 2.77. The molecule has 5 nitrogen and oxygen atoms in total. The maximum absolute atomic E-state index is 12.7. The van der Waals surface area contributed by atoms with Gasteiger partial charge < -0.3 is 14.4 Å². The van der Waals surface area contributed by atoms with Gasteiger partial charge in [-0.25, -0.2) is 0 Å². The molecule has 3 aliphatic rings. The van der Waals surface area contributed by atoms with E-state index in [-0.39, 0.29) is 12.7 Å². The van der Waals surface area contributed by atoms with Crippen LogP contribution in [0.25, 0.3) is 0 Å². The molecule has 0 unspecified atom stereocenters. The van der Waals surface area contributed by atoms with Crippen LogP contribution >= 0.6 is 11.6 Å². The van der Waals surface area contributed by atoms with Gasteiger partial charge in [0.2, 0.25) is 6.79 Å². The van der Waals surface area contributed by atoms with Gasteiger partial charge in [0.05, 0.1) is 5.02 Å². The fourth-order valence-corrected chi connectivity index (χ4v) is 4.10. The van der Waals surface area contributed by atoms with Crippen LogP contribution in [0.1, 0.15) is 36.0 Å². The zero-order valence-corrected chi connectivity index (χ0v) is 13.8. The summed E-state index contributed by atoms with van der Waals surface area (Å²) in [4.78, 5) is 17.2. The molecule has 0 N–H and O–H groups in total. The third-order valence-electron chi connectivity index (χ3n) is 5.12. The summed E-state index contributed by atoms with van der Waals surface area (Å²) < 4.78 is 10.7. The Kier molecular flexibility index (Phi) is 4.07. The van der Waals surface area contributed by atoms with Crippen molar-refractivity contribution >= 4 is 17.5 Å². The average molecular weight is 337 g/mol. The van der Waals surface area contributed by atoms with Crippen molar-refractivity contribution in [3.8, 4) is 11.5 Å². The van der Waals surface area contributed by atoms with Crippen molar-refractivity contribution in [2.45, 2.75) is 31.7 Å². The minimum atomic E-state index is 0.0243. The quantitative estimate of drug-likeness (QED) is 0.833. The number of amides is 1. The number of halogens is 1. The summed E-state index contributed by atoms with van der Waals surface area (Å²) >= 11 is 6.18. The lowest BCUT2D eigenvalue weighted by Crippen LogP contribution is -2.51. The highest BCUT2D eigenvalue weighted by atomic mass is 35.5. The van der Waals surface area contributed by atoms with Gasteiger partial charge in [-0.2, -0.15) is 0 Å². The van der Waals surface area contributed by atoms with Crippen molar-refractivity contribution in [3.05, 3.63) is 22.7 Å². The van der Waals surface area contributed by atoms with Gasteiger partial charge in [-0.3, -0.25) is 9.69 Å². The number of hydrogen-bond donors (Lipinski definition) is 0. The summed E-state index contributed by atoms with van der Waals surface area (Å²) in [6, 6.07) is 4.15. The first-order valence-electron chi connectivity index (χ1n) is 8.35. The van der Waals surface area contributed by atoms with Crippen LogP contribution in [0.5, 0.6) is 11.5 Å². The Labute approximate surface area is 141 Å². The second-order valence-electron chi connectivity index (χ2n) is 6.46. The maximum Gasteiger partial charge on any atom is 0.254 e. The first-order chi connectivity index (χ1) is 11.2. The molecular formula is C17H21ClN2O3. The molecule has 1 aliphatic carbocycles. The summed E-state index contributed by atoms with van der Waals surface area (Å²) in [5.74, 6) is 1.12. The van der Waals surface area contributed by atoms with Gasteiger partial charge in [0, 0.05) is 37.8 Å². The Morgan fingerprint density at radius 3 is 2.57 bits per heavy atom. The predicted molar refractivity (Wildman–Crippen MR) is 87.3 cm³/mol. The lowest BCUT2D eigenvalue weighted by atomic mass is 10.1. The second-order valence-corrected chi connectivity index (χ2v) is 6.87. The molecule has 6 heteroatoms. The highest BCUT2D eigenvalue weighted by Gasteiger charge is 2.29. The molecule has 0 bridgehead atoms. The van der Waals surface area contributed by atoms with Gasteiger partial charge in [-0.05, 0) is 25.0 Å². The molecule has 2 aliphatic heterocycles. The molecule has 2 heterocycles. The van der Waals surface area contributed by atoms with Crippen LogP contribution in [0.2, 0.25) is 5.02 Å². The molecule has 23 heavy (non-hydrogen) atoms. The van der Waals surface area contributed by atoms with E-state index in [2.05, 4.69) is 4.90 Å². The van der Waals surface area contributed by atoms with Crippen molar-refractivity contribution in [2.75, 3.05) is 33.0 Å². The van der Waals surface area contributed by atoms with Gasteiger partial charge in [0.25, 0.3) is 5.91 Å². The van der Waals surface area contributed by atoms with E-state index in [0.29, 0.717) is 22.1 Å². The third-order valence-corrected chi connectivity index (χ3v) is 5.40. The van der Waals surface area contributed by atoms with Crippen LogP contribution < -0.4 is 9.47 Å². The number of ether oxygens (including phenoxy) is 2. The molecule has 1 saturated heterocycles.